The minimum Gasteiger partial charge on any atom is -0.265 e. The Labute approximate surface area is 220 Å². The summed E-state index contributed by atoms with van der Waals surface area (Å²) in [6.45, 7) is 0. The molecule has 0 spiro atoms. The maximum Gasteiger partial charge on any atom is 0.0352 e. The zero-order valence-corrected chi connectivity index (χ0v) is 20.6. The van der Waals surface area contributed by atoms with E-state index in [9.17, 15) is 0 Å². The SMILES string of the molecule is c1ccc2c(-c3ccc(-c4ccc5ccc6c(-c7ccncc7)ccc7ccc4c5c76)cc3)cncc2c1. The number of hydrogen-bond acceptors (Lipinski definition) is 2. The normalized spacial score (nSPS) is 11.7. The molecule has 0 radical (unpaired) electrons. The van der Waals surface area contributed by atoms with Crippen molar-refractivity contribution >= 4 is 43.1 Å². The van der Waals surface area contributed by atoms with Crippen molar-refractivity contribution in [3.63, 3.8) is 0 Å². The van der Waals surface area contributed by atoms with Crippen molar-refractivity contribution in [3.8, 4) is 33.4 Å². The Morgan fingerprint density at radius 2 is 0.895 bits per heavy atom. The molecule has 0 aliphatic heterocycles. The van der Waals surface area contributed by atoms with E-state index in [0.29, 0.717) is 0 Å². The Morgan fingerprint density at radius 1 is 0.342 bits per heavy atom. The van der Waals surface area contributed by atoms with E-state index in [1.807, 2.05) is 24.8 Å². The lowest BCUT2D eigenvalue weighted by Gasteiger charge is -2.16. The number of fused-ring (bicyclic) bond motifs is 1. The van der Waals surface area contributed by atoms with Gasteiger partial charge in [-0.3, -0.25) is 9.97 Å². The second kappa shape index (κ2) is 8.22. The van der Waals surface area contributed by atoms with Gasteiger partial charge in [0.2, 0.25) is 0 Å². The number of hydrogen-bond donors (Lipinski definition) is 0. The summed E-state index contributed by atoms with van der Waals surface area (Å²) >= 11 is 0. The number of nitrogens with zero attached hydrogens (tertiary/aromatic N) is 2. The van der Waals surface area contributed by atoms with Gasteiger partial charge in [-0.2, -0.15) is 0 Å². The molecular formula is C36H22N2. The van der Waals surface area contributed by atoms with Gasteiger partial charge >= 0.3 is 0 Å². The third-order valence-electron chi connectivity index (χ3n) is 7.83. The van der Waals surface area contributed by atoms with Crippen LogP contribution >= 0.6 is 0 Å². The third-order valence-corrected chi connectivity index (χ3v) is 7.83. The van der Waals surface area contributed by atoms with E-state index < -0.39 is 0 Å². The van der Waals surface area contributed by atoms with Gasteiger partial charge < -0.3 is 0 Å². The quantitative estimate of drug-likeness (QED) is 0.234. The fraction of sp³-hybridized carbons (Fsp3) is 0. The molecule has 0 saturated heterocycles. The van der Waals surface area contributed by atoms with Crippen LogP contribution in [0.15, 0.2) is 134 Å². The van der Waals surface area contributed by atoms with Gasteiger partial charge in [0.05, 0.1) is 0 Å². The van der Waals surface area contributed by atoms with Crippen molar-refractivity contribution in [1.29, 1.82) is 0 Å². The minimum atomic E-state index is 1.16. The van der Waals surface area contributed by atoms with Gasteiger partial charge in [-0.1, -0.05) is 97.1 Å². The summed E-state index contributed by atoms with van der Waals surface area (Å²) in [6.07, 6.45) is 7.62. The average Bonchev–Trinajstić information content (AvgIpc) is 3.00. The van der Waals surface area contributed by atoms with E-state index in [0.717, 1.165) is 10.9 Å². The molecule has 2 heteroatoms. The summed E-state index contributed by atoms with van der Waals surface area (Å²) in [5.41, 5.74) is 7.24. The van der Waals surface area contributed by atoms with Crippen molar-refractivity contribution < 1.29 is 0 Å². The van der Waals surface area contributed by atoms with Gasteiger partial charge in [-0.25, -0.2) is 0 Å². The van der Waals surface area contributed by atoms with Gasteiger partial charge in [0.15, 0.2) is 0 Å². The highest BCUT2D eigenvalue weighted by Gasteiger charge is 2.15. The van der Waals surface area contributed by atoms with E-state index in [1.165, 1.54) is 65.5 Å². The first kappa shape index (κ1) is 21.0. The molecule has 8 rings (SSSR count). The molecule has 0 fully saturated rings. The molecule has 6 aromatic carbocycles. The van der Waals surface area contributed by atoms with Gasteiger partial charge in [0.1, 0.15) is 0 Å². The molecule has 0 amide bonds. The monoisotopic (exact) mass is 482 g/mol. The smallest absolute Gasteiger partial charge is 0.0352 e. The van der Waals surface area contributed by atoms with Crippen LogP contribution in [0.5, 0.6) is 0 Å². The number of rotatable bonds is 3. The predicted molar refractivity (Wildman–Crippen MR) is 160 cm³/mol. The summed E-state index contributed by atoms with van der Waals surface area (Å²) in [4.78, 5) is 8.70. The molecule has 0 N–H and O–H groups in total. The Balaban J connectivity index is 1.31. The van der Waals surface area contributed by atoms with Crippen LogP contribution in [0.1, 0.15) is 0 Å². The molecule has 0 saturated carbocycles. The summed E-state index contributed by atoms with van der Waals surface area (Å²) in [5, 5.41) is 10.1. The van der Waals surface area contributed by atoms with E-state index in [2.05, 4.69) is 119 Å². The fourth-order valence-electron chi connectivity index (χ4n) is 6.01. The van der Waals surface area contributed by atoms with Crippen molar-refractivity contribution in [1.82, 2.24) is 9.97 Å². The second-order valence-electron chi connectivity index (χ2n) is 9.87. The zero-order chi connectivity index (χ0) is 25.1. The van der Waals surface area contributed by atoms with Crippen molar-refractivity contribution in [2.24, 2.45) is 0 Å². The zero-order valence-electron chi connectivity index (χ0n) is 20.6. The van der Waals surface area contributed by atoms with Gasteiger partial charge in [-0.05, 0) is 77.7 Å². The molecule has 0 unspecified atom stereocenters. The van der Waals surface area contributed by atoms with Crippen LogP contribution in [0.2, 0.25) is 0 Å². The largest absolute Gasteiger partial charge is 0.265 e. The molecule has 176 valence electrons. The molecule has 0 aliphatic carbocycles. The van der Waals surface area contributed by atoms with Crippen LogP contribution in [0.4, 0.5) is 0 Å². The molecule has 2 heterocycles. The predicted octanol–water partition coefficient (Wildman–Crippen LogP) is 9.53. The highest BCUT2D eigenvalue weighted by atomic mass is 14.6. The number of benzene rings is 6. The Hall–Kier alpha value is -5.08. The molecule has 0 atom stereocenters. The Bertz CT molecular complexity index is 2100. The summed E-state index contributed by atoms with van der Waals surface area (Å²) in [6, 6.07) is 39.6. The molecule has 2 nitrogen and oxygen atoms in total. The number of pyridine rings is 2. The van der Waals surface area contributed by atoms with Gasteiger partial charge in [-0.15, -0.1) is 0 Å². The van der Waals surface area contributed by atoms with Gasteiger partial charge in [0, 0.05) is 35.7 Å². The maximum atomic E-state index is 4.48. The molecule has 38 heavy (non-hydrogen) atoms. The van der Waals surface area contributed by atoms with Crippen LogP contribution in [0.25, 0.3) is 76.5 Å². The molecule has 8 aromatic rings. The van der Waals surface area contributed by atoms with Crippen LogP contribution in [-0.2, 0) is 0 Å². The van der Waals surface area contributed by atoms with E-state index >= 15 is 0 Å². The minimum absolute atomic E-state index is 1.16. The van der Waals surface area contributed by atoms with Crippen molar-refractivity contribution in [2.45, 2.75) is 0 Å². The Morgan fingerprint density at radius 3 is 1.55 bits per heavy atom. The van der Waals surface area contributed by atoms with E-state index in [-0.39, 0.29) is 0 Å². The van der Waals surface area contributed by atoms with Crippen LogP contribution < -0.4 is 0 Å². The second-order valence-corrected chi connectivity index (χ2v) is 9.87. The fourth-order valence-corrected chi connectivity index (χ4v) is 6.01. The molecule has 2 aromatic heterocycles. The first-order chi connectivity index (χ1) is 18.8. The average molecular weight is 483 g/mol. The maximum absolute atomic E-state index is 4.48. The Kier molecular flexibility index (Phi) is 4.55. The van der Waals surface area contributed by atoms with Gasteiger partial charge in [0.25, 0.3) is 0 Å². The lowest BCUT2D eigenvalue weighted by Crippen LogP contribution is -1.90. The van der Waals surface area contributed by atoms with Crippen molar-refractivity contribution in [2.75, 3.05) is 0 Å². The van der Waals surface area contributed by atoms with Crippen LogP contribution in [-0.4, -0.2) is 9.97 Å². The lowest BCUT2D eigenvalue weighted by molar-refractivity contribution is 1.33. The molecule has 0 bridgehead atoms. The first-order valence-corrected chi connectivity index (χ1v) is 12.9. The van der Waals surface area contributed by atoms with Crippen molar-refractivity contribution in [3.05, 3.63) is 134 Å². The van der Waals surface area contributed by atoms with Crippen LogP contribution in [0, 0.1) is 0 Å². The summed E-state index contributed by atoms with van der Waals surface area (Å²) < 4.78 is 0. The topological polar surface area (TPSA) is 25.8 Å². The standard InChI is InChI=1S/C36H22N2/c1-2-4-29-28(3-1)21-38-22-34(29)24-7-5-23(6-8-24)30-13-9-26-12-16-33-31(25-17-19-37-20-18-25)14-10-27-11-15-32(30)35(26)36(27)33/h1-22H. The lowest BCUT2D eigenvalue weighted by atomic mass is 9.87. The van der Waals surface area contributed by atoms with E-state index in [1.54, 1.807) is 0 Å². The third kappa shape index (κ3) is 3.14. The first-order valence-electron chi connectivity index (χ1n) is 12.9. The molecule has 0 aliphatic rings. The summed E-state index contributed by atoms with van der Waals surface area (Å²) in [5.74, 6) is 0. The van der Waals surface area contributed by atoms with Crippen LogP contribution in [0.3, 0.4) is 0 Å². The highest BCUT2D eigenvalue weighted by molar-refractivity contribution is 6.27. The number of aromatic nitrogens is 2. The molecular weight excluding hydrogens is 460 g/mol. The summed E-state index contributed by atoms with van der Waals surface area (Å²) in [7, 11) is 0. The van der Waals surface area contributed by atoms with E-state index in [4.69, 9.17) is 0 Å². The highest BCUT2D eigenvalue weighted by Crippen LogP contribution is 2.42.